The van der Waals surface area contributed by atoms with Gasteiger partial charge in [-0.15, -0.1) is 0 Å². The van der Waals surface area contributed by atoms with Crippen LogP contribution in [0.5, 0.6) is 0 Å². The molecule has 2 spiro atoms. The van der Waals surface area contributed by atoms with E-state index in [1.807, 2.05) is 0 Å². The summed E-state index contributed by atoms with van der Waals surface area (Å²) in [5.74, 6) is 0. The molecule has 32 heavy (non-hydrogen) atoms. The summed E-state index contributed by atoms with van der Waals surface area (Å²) >= 11 is 0. The van der Waals surface area contributed by atoms with Gasteiger partial charge in [-0.3, -0.25) is 9.80 Å². The van der Waals surface area contributed by atoms with Gasteiger partial charge >= 0.3 is 12.2 Å². The number of carbonyl (C=O) groups excluding carboxylic acids is 2. The van der Waals surface area contributed by atoms with Crippen molar-refractivity contribution in [3.63, 3.8) is 0 Å². The van der Waals surface area contributed by atoms with Crippen molar-refractivity contribution in [2.24, 2.45) is 0 Å². The maximum absolute atomic E-state index is 12.5. The van der Waals surface area contributed by atoms with Gasteiger partial charge < -0.3 is 19.7 Å². The third kappa shape index (κ3) is 3.77. The standard InChI is InChI=1S/C24H40N2O6/c1-21(29)23(13-7-5-8-14-23)31-19(27)25(21)17-11-3-4-12-18-26-20(28)32-24(22(26,2)30)15-9-6-10-16-24/h29-30H,3-18H2,1-2H3/t21-,22-/m1/s1. The van der Waals surface area contributed by atoms with Gasteiger partial charge in [-0.1, -0.05) is 25.7 Å². The Balaban J connectivity index is 1.22. The molecular formula is C24H40N2O6. The van der Waals surface area contributed by atoms with E-state index in [2.05, 4.69) is 0 Å². The van der Waals surface area contributed by atoms with Gasteiger partial charge in [0, 0.05) is 13.1 Å². The van der Waals surface area contributed by atoms with Gasteiger partial charge in [0.05, 0.1) is 0 Å². The van der Waals surface area contributed by atoms with Crippen LogP contribution in [0.4, 0.5) is 9.59 Å². The predicted octanol–water partition coefficient (Wildman–Crippen LogP) is 4.27. The van der Waals surface area contributed by atoms with Crippen LogP contribution in [0.1, 0.15) is 104 Å². The molecule has 2 heterocycles. The first-order chi connectivity index (χ1) is 15.2. The number of aliphatic hydroxyl groups is 2. The molecule has 2 saturated heterocycles. The third-order valence-electron chi connectivity index (χ3n) is 8.62. The van der Waals surface area contributed by atoms with Crippen LogP contribution in [0.2, 0.25) is 0 Å². The topological polar surface area (TPSA) is 99.5 Å². The van der Waals surface area contributed by atoms with E-state index in [0.29, 0.717) is 13.1 Å². The zero-order valence-electron chi connectivity index (χ0n) is 19.7. The number of amides is 2. The first kappa shape index (κ1) is 23.6. The molecule has 8 heteroatoms. The summed E-state index contributed by atoms with van der Waals surface area (Å²) in [4.78, 5) is 27.9. The first-order valence-electron chi connectivity index (χ1n) is 12.6. The Kier molecular flexibility index (Phi) is 6.40. The Morgan fingerprint density at radius 1 is 0.656 bits per heavy atom. The van der Waals surface area contributed by atoms with Gasteiger partial charge in [-0.2, -0.15) is 0 Å². The van der Waals surface area contributed by atoms with Gasteiger partial charge in [0.25, 0.3) is 0 Å². The lowest BCUT2D eigenvalue weighted by molar-refractivity contribution is -0.159. The van der Waals surface area contributed by atoms with Crippen molar-refractivity contribution >= 4 is 12.2 Å². The molecule has 0 unspecified atom stereocenters. The van der Waals surface area contributed by atoms with E-state index in [0.717, 1.165) is 89.9 Å². The molecule has 2 aliphatic carbocycles. The molecule has 2 saturated carbocycles. The summed E-state index contributed by atoms with van der Waals surface area (Å²) in [5, 5.41) is 22.3. The van der Waals surface area contributed by atoms with Crippen LogP contribution in [-0.2, 0) is 9.47 Å². The highest BCUT2D eigenvalue weighted by Crippen LogP contribution is 2.48. The molecule has 0 aromatic rings. The average molecular weight is 453 g/mol. The highest BCUT2D eigenvalue weighted by atomic mass is 16.6. The van der Waals surface area contributed by atoms with Crippen molar-refractivity contribution in [2.45, 2.75) is 126 Å². The molecule has 0 radical (unpaired) electrons. The molecular weight excluding hydrogens is 412 g/mol. The normalized spacial score (nSPS) is 33.8. The number of nitrogens with zero attached hydrogens (tertiary/aromatic N) is 2. The minimum absolute atomic E-state index is 0.412. The molecule has 0 aromatic carbocycles. The highest BCUT2D eigenvalue weighted by molar-refractivity contribution is 5.72. The Bertz CT molecular complexity index is 649. The van der Waals surface area contributed by atoms with Gasteiger partial charge in [-0.25, -0.2) is 9.59 Å². The lowest BCUT2D eigenvalue weighted by Gasteiger charge is -2.42. The number of unbranched alkanes of at least 4 members (excludes halogenated alkanes) is 3. The second kappa shape index (κ2) is 8.67. The van der Waals surface area contributed by atoms with E-state index < -0.39 is 34.8 Å². The minimum atomic E-state index is -1.27. The van der Waals surface area contributed by atoms with Crippen LogP contribution in [0.25, 0.3) is 0 Å². The fourth-order valence-electron chi connectivity index (χ4n) is 6.39. The lowest BCUT2D eigenvalue weighted by atomic mass is 9.77. The molecule has 4 fully saturated rings. The molecule has 2 amide bonds. The van der Waals surface area contributed by atoms with E-state index in [4.69, 9.17) is 9.47 Å². The van der Waals surface area contributed by atoms with Crippen molar-refractivity contribution in [1.29, 1.82) is 0 Å². The number of ether oxygens (including phenoxy) is 2. The van der Waals surface area contributed by atoms with Crippen molar-refractivity contribution in [3.8, 4) is 0 Å². The van der Waals surface area contributed by atoms with Crippen molar-refractivity contribution in [1.82, 2.24) is 9.80 Å². The summed E-state index contributed by atoms with van der Waals surface area (Å²) < 4.78 is 11.4. The van der Waals surface area contributed by atoms with Crippen molar-refractivity contribution in [3.05, 3.63) is 0 Å². The second-order valence-electron chi connectivity index (χ2n) is 10.6. The second-order valence-corrected chi connectivity index (χ2v) is 10.6. The van der Waals surface area contributed by atoms with Crippen LogP contribution in [-0.4, -0.2) is 67.9 Å². The largest absolute Gasteiger partial charge is 0.438 e. The Hall–Kier alpha value is -1.54. The van der Waals surface area contributed by atoms with Crippen LogP contribution >= 0.6 is 0 Å². The molecule has 2 N–H and O–H groups in total. The van der Waals surface area contributed by atoms with Crippen LogP contribution in [0.15, 0.2) is 0 Å². The smallest absolute Gasteiger partial charge is 0.412 e. The van der Waals surface area contributed by atoms with E-state index in [1.54, 1.807) is 13.8 Å². The fourth-order valence-corrected chi connectivity index (χ4v) is 6.39. The Morgan fingerprint density at radius 3 is 1.34 bits per heavy atom. The molecule has 8 nitrogen and oxygen atoms in total. The van der Waals surface area contributed by atoms with Gasteiger partial charge in [0.2, 0.25) is 0 Å². The van der Waals surface area contributed by atoms with E-state index >= 15 is 0 Å². The molecule has 182 valence electrons. The van der Waals surface area contributed by atoms with E-state index in [9.17, 15) is 19.8 Å². The van der Waals surface area contributed by atoms with Crippen molar-refractivity contribution < 1.29 is 29.3 Å². The number of hydrogen-bond acceptors (Lipinski definition) is 6. The molecule has 4 rings (SSSR count). The average Bonchev–Trinajstić information content (AvgIpc) is 3.03. The van der Waals surface area contributed by atoms with E-state index in [-0.39, 0.29) is 0 Å². The van der Waals surface area contributed by atoms with Gasteiger partial charge in [0.15, 0.2) is 22.7 Å². The molecule has 4 aliphatic rings. The predicted molar refractivity (Wildman–Crippen MR) is 118 cm³/mol. The fraction of sp³-hybridized carbons (Fsp3) is 0.917. The summed E-state index contributed by atoms with van der Waals surface area (Å²) in [6.45, 7) is 4.34. The minimum Gasteiger partial charge on any atom is -0.438 e. The SMILES string of the molecule is C[C@]1(O)N(CCCCCCN2C(=O)OC3(CCCCC3)[C@@]2(C)O)C(=O)OC12CCCCC2. The highest BCUT2D eigenvalue weighted by Gasteiger charge is 2.62. The zero-order valence-corrected chi connectivity index (χ0v) is 19.7. The van der Waals surface area contributed by atoms with Crippen LogP contribution in [0.3, 0.4) is 0 Å². The van der Waals surface area contributed by atoms with Crippen molar-refractivity contribution in [2.75, 3.05) is 13.1 Å². The number of hydrogen-bond donors (Lipinski definition) is 2. The summed E-state index contributed by atoms with van der Waals surface area (Å²) in [7, 11) is 0. The summed E-state index contributed by atoms with van der Waals surface area (Å²) in [6, 6.07) is 0. The Labute approximate surface area is 191 Å². The zero-order chi connectivity index (χ0) is 23.0. The summed E-state index contributed by atoms with van der Waals surface area (Å²) in [5.41, 5.74) is -4.06. The molecule has 0 aromatic heterocycles. The number of rotatable bonds is 7. The van der Waals surface area contributed by atoms with E-state index in [1.165, 1.54) is 9.80 Å². The lowest BCUT2D eigenvalue weighted by Crippen LogP contribution is -2.57. The molecule has 2 atom stereocenters. The third-order valence-corrected chi connectivity index (χ3v) is 8.62. The Morgan fingerprint density at radius 2 is 1.00 bits per heavy atom. The molecule has 0 bridgehead atoms. The first-order valence-corrected chi connectivity index (χ1v) is 12.6. The number of carbonyl (C=O) groups is 2. The van der Waals surface area contributed by atoms with Crippen LogP contribution in [0, 0.1) is 0 Å². The van der Waals surface area contributed by atoms with Crippen LogP contribution < -0.4 is 0 Å². The van der Waals surface area contributed by atoms with Gasteiger partial charge in [0.1, 0.15) is 0 Å². The monoisotopic (exact) mass is 452 g/mol. The maximum atomic E-state index is 12.5. The molecule has 2 aliphatic heterocycles. The summed E-state index contributed by atoms with van der Waals surface area (Å²) in [6.07, 6.45) is 11.4. The quantitative estimate of drug-likeness (QED) is 0.560. The van der Waals surface area contributed by atoms with Gasteiger partial charge in [-0.05, 0) is 78.1 Å². The maximum Gasteiger partial charge on any atom is 0.412 e.